The molecule has 3 nitrogen and oxygen atoms in total. The van der Waals surface area contributed by atoms with Gasteiger partial charge in [-0.25, -0.2) is 15.0 Å². The fourth-order valence-electron chi connectivity index (χ4n) is 6.71. The molecule has 236 valence electrons. The Balaban J connectivity index is 1.15. The van der Waals surface area contributed by atoms with Crippen molar-refractivity contribution in [1.29, 1.82) is 0 Å². The summed E-state index contributed by atoms with van der Waals surface area (Å²) in [6.45, 7) is 2.09. The summed E-state index contributed by atoms with van der Waals surface area (Å²) in [6.07, 6.45) is 0. The van der Waals surface area contributed by atoms with Gasteiger partial charge in [0.2, 0.25) is 0 Å². The number of aryl methyl sites for hydroxylation is 1. The number of hydrogen-bond acceptors (Lipinski definition) is 4. The standard InChI is InChI=1S/C46H31N3S/c1-30-12-8-18-36(28-30)45-47-44(34-15-6-3-7-16-34)48-46(49-45)37-19-9-17-35(29-37)39-21-11-23-41-40-22-10-20-38(42(40)50-43(39)41)33-26-24-32(25-27-33)31-13-4-2-5-14-31/h2-29H,1H3. The Labute approximate surface area is 295 Å². The van der Waals surface area contributed by atoms with Crippen LogP contribution in [-0.4, -0.2) is 15.0 Å². The Hall–Kier alpha value is -6.23. The summed E-state index contributed by atoms with van der Waals surface area (Å²) in [7, 11) is 0. The predicted octanol–water partition coefficient (Wildman–Crippen LogP) is 12.5. The van der Waals surface area contributed by atoms with Crippen molar-refractivity contribution in [3.8, 4) is 67.5 Å². The molecule has 0 saturated heterocycles. The van der Waals surface area contributed by atoms with E-state index in [0.717, 1.165) is 27.8 Å². The Bertz CT molecular complexity index is 2640. The second-order valence-corrected chi connectivity index (χ2v) is 13.6. The van der Waals surface area contributed by atoms with Crippen LogP contribution in [0, 0.1) is 6.92 Å². The average Bonchev–Trinajstić information content (AvgIpc) is 3.58. The molecule has 0 bridgehead atoms. The summed E-state index contributed by atoms with van der Waals surface area (Å²) in [6, 6.07) is 59.9. The normalized spacial score (nSPS) is 11.3. The third kappa shape index (κ3) is 5.56. The molecule has 0 aliphatic heterocycles. The van der Waals surface area contributed by atoms with Gasteiger partial charge >= 0.3 is 0 Å². The zero-order valence-corrected chi connectivity index (χ0v) is 28.2. The zero-order chi connectivity index (χ0) is 33.4. The molecule has 0 saturated carbocycles. The predicted molar refractivity (Wildman–Crippen MR) is 210 cm³/mol. The van der Waals surface area contributed by atoms with Gasteiger partial charge in [0, 0.05) is 36.9 Å². The van der Waals surface area contributed by atoms with Crippen LogP contribution < -0.4 is 0 Å². The van der Waals surface area contributed by atoms with Crippen LogP contribution >= 0.6 is 11.3 Å². The molecule has 0 fully saturated rings. The van der Waals surface area contributed by atoms with Crippen LogP contribution in [0.25, 0.3) is 87.7 Å². The monoisotopic (exact) mass is 657 g/mol. The van der Waals surface area contributed by atoms with E-state index in [1.165, 1.54) is 48.0 Å². The van der Waals surface area contributed by atoms with E-state index in [1.807, 2.05) is 47.7 Å². The highest BCUT2D eigenvalue weighted by atomic mass is 32.1. The number of aromatic nitrogens is 3. The van der Waals surface area contributed by atoms with Crippen molar-refractivity contribution in [2.45, 2.75) is 6.92 Å². The second kappa shape index (κ2) is 12.7. The smallest absolute Gasteiger partial charge is 0.164 e. The van der Waals surface area contributed by atoms with E-state index in [-0.39, 0.29) is 0 Å². The summed E-state index contributed by atoms with van der Waals surface area (Å²) >= 11 is 1.87. The Morgan fingerprint density at radius 1 is 0.340 bits per heavy atom. The molecule has 9 aromatic rings. The van der Waals surface area contributed by atoms with E-state index >= 15 is 0 Å². The molecule has 2 heterocycles. The van der Waals surface area contributed by atoms with Crippen molar-refractivity contribution in [3.63, 3.8) is 0 Å². The van der Waals surface area contributed by atoms with Crippen molar-refractivity contribution in [3.05, 3.63) is 175 Å². The van der Waals surface area contributed by atoms with Gasteiger partial charge in [-0.2, -0.15) is 0 Å². The summed E-state index contributed by atoms with van der Waals surface area (Å²) < 4.78 is 2.57. The molecule has 0 aliphatic rings. The molecule has 0 amide bonds. The van der Waals surface area contributed by atoms with Gasteiger partial charge in [0.25, 0.3) is 0 Å². The first-order valence-electron chi connectivity index (χ1n) is 16.8. The van der Waals surface area contributed by atoms with E-state index in [0.29, 0.717) is 17.5 Å². The summed E-state index contributed by atoms with van der Waals surface area (Å²) in [4.78, 5) is 14.9. The number of benzene rings is 7. The first-order valence-corrected chi connectivity index (χ1v) is 17.6. The minimum Gasteiger partial charge on any atom is -0.208 e. The van der Waals surface area contributed by atoms with Crippen LogP contribution in [0.15, 0.2) is 170 Å². The van der Waals surface area contributed by atoms with Crippen molar-refractivity contribution in [2.24, 2.45) is 0 Å². The number of nitrogens with zero attached hydrogens (tertiary/aromatic N) is 3. The molecule has 0 radical (unpaired) electrons. The number of rotatable bonds is 6. The lowest BCUT2D eigenvalue weighted by Gasteiger charge is -2.10. The SMILES string of the molecule is Cc1cccc(-c2nc(-c3ccccc3)nc(-c3cccc(-c4cccc5c4sc4c(-c6ccc(-c7ccccc7)cc6)cccc45)c3)n2)c1. The second-order valence-electron chi connectivity index (χ2n) is 12.5. The number of fused-ring (bicyclic) bond motifs is 3. The molecule has 50 heavy (non-hydrogen) atoms. The van der Waals surface area contributed by atoms with E-state index in [9.17, 15) is 0 Å². The van der Waals surface area contributed by atoms with E-state index in [1.54, 1.807) is 0 Å². The van der Waals surface area contributed by atoms with Gasteiger partial charge in [0.05, 0.1) is 0 Å². The fourth-order valence-corrected chi connectivity index (χ4v) is 8.08. The van der Waals surface area contributed by atoms with Gasteiger partial charge in [0.1, 0.15) is 0 Å². The topological polar surface area (TPSA) is 38.7 Å². The molecule has 4 heteroatoms. The Morgan fingerprint density at radius 2 is 0.780 bits per heavy atom. The third-order valence-corrected chi connectivity index (χ3v) is 10.5. The summed E-state index contributed by atoms with van der Waals surface area (Å²) in [5.41, 5.74) is 11.3. The average molecular weight is 658 g/mol. The van der Waals surface area contributed by atoms with Crippen LogP contribution in [0.1, 0.15) is 5.56 Å². The van der Waals surface area contributed by atoms with Gasteiger partial charge < -0.3 is 0 Å². The van der Waals surface area contributed by atoms with Crippen molar-refractivity contribution < 1.29 is 0 Å². The lowest BCUT2D eigenvalue weighted by molar-refractivity contribution is 1.07. The van der Waals surface area contributed by atoms with Gasteiger partial charge in [-0.15, -0.1) is 11.3 Å². The minimum atomic E-state index is 0.655. The quantitative estimate of drug-likeness (QED) is 0.179. The number of thiophene rings is 1. The molecule has 0 aliphatic carbocycles. The highest BCUT2D eigenvalue weighted by molar-refractivity contribution is 7.26. The van der Waals surface area contributed by atoms with E-state index < -0.39 is 0 Å². The van der Waals surface area contributed by atoms with Gasteiger partial charge in [-0.3, -0.25) is 0 Å². The molecule has 9 rings (SSSR count). The molecule has 0 spiro atoms. The Morgan fingerprint density at radius 3 is 1.40 bits per heavy atom. The van der Waals surface area contributed by atoms with Crippen molar-refractivity contribution in [2.75, 3.05) is 0 Å². The summed E-state index contributed by atoms with van der Waals surface area (Å²) in [5.74, 6) is 1.98. The highest BCUT2D eigenvalue weighted by Crippen LogP contribution is 2.44. The zero-order valence-electron chi connectivity index (χ0n) is 27.4. The van der Waals surface area contributed by atoms with Crippen LogP contribution in [0.5, 0.6) is 0 Å². The Kier molecular flexibility index (Phi) is 7.57. The van der Waals surface area contributed by atoms with Crippen LogP contribution in [0.3, 0.4) is 0 Å². The summed E-state index contributed by atoms with van der Waals surface area (Å²) in [5, 5.41) is 2.55. The largest absolute Gasteiger partial charge is 0.208 e. The molecule has 0 atom stereocenters. The maximum absolute atomic E-state index is 5.02. The van der Waals surface area contributed by atoms with E-state index in [4.69, 9.17) is 15.0 Å². The molecule has 0 unspecified atom stereocenters. The van der Waals surface area contributed by atoms with Crippen LogP contribution in [0.2, 0.25) is 0 Å². The van der Waals surface area contributed by atoms with Crippen LogP contribution in [-0.2, 0) is 0 Å². The molecule has 7 aromatic carbocycles. The molecular weight excluding hydrogens is 627 g/mol. The maximum Gasteiger partial charge on any atom is 0.164 e. The van der Waals surface area contributed by atoms with Crippen molar-refractivity contribution in [1.82, 2.24) is 15.0 Å². The first-order chi connectivity index (χ1) is 24.7. The third-order valence-electron chi connectivity index (χ3n) is 9.20. The fraction of sp³-hybridized carbons (Fsp3) is 0.0217. The maximum atomic E-state index is 5.02. The van der Waals surface area contributed by atoms with Crippen LogP contribution in [0.4, 0.5) is 0 Å². The lowest BCUT2D eigenvalue weighted by Crippen LogP contribution is -2.00. The van der Waals surface area contributed by atoms with E-state index in [2.05, 4.69) is 140 Å². The lowest BCUT2D eigenvalue weighted by atomic mass is 9.98. The molecule has 0 N–H and O–H groups in total. The highest BCUT2D eigenvalue weighted by Gasteiger charge is 2.16. The first kappa shape index (κ1) is 29.9. The van der Waals surface area contributed by atoms with Crippen molar-refractivity contribution >= 4 is 31.5 Å². The molecule has 2 aromatic heterocycles. The number of hydrogen-bond donors (Lipinski definition) is 0. The van der Waals surface area contributed by atoms with Gasteiger partial charge in [-0.05, 0) is 52.4 Å². The minimum absolute atomic E-state index is 0.655. The van der Waals surface area contributed by atoms with Gasteiger partial charge in [0.15, 0.2) is 17.5 Å². The molecular formula is C46H31N3S. The van der Waals surface area contributed by atoms with Gasteiger partial charge in [-0.1, -0.05) is 163 Å².